The SMILES string of the molecule is CCC(C)(NC(=O)c1cccc(C2(C)NC(=O)NC2=O)c1)C(=O)O. The summed E-state index contributed by atoms with van der Waals surface area (Å²) >= 11 is 0. The second-order valence-electron chi connectivity index (χ2n) is 6.06. The molecule has 24 heavy (non-hydrogen) atoms. The molecular weight excluding hydrogens is 314 g/mol. The van der Waals surface area contributed by atoms with E-state index >= 15 is 0 Å². The Labute approximate surface area is 138 Å². The molecule has 2 rings (SSSR count). The third-order valence-electron chi connectivity index (χ3n) is 4.32. The molecule has 2 atom stereocenters. The molecule has 0 saturated carbocycles. The fourth-order valence-electron chi connectivity index (χ4n) is 2.33. The van der Waals surface area contributed by atoms with Crippen molar-refractivity contribution in [2.24, 2.45) is 0 Å². The van der Waals surface area contributed by atoms with E-state index in [9.17, 15) is 24.3 Å². The highest BCUT2D eigenvalue weighted by molar-refractivity contribution is 6.07. The van der Waals surface area contributed by atoms with E-state index in [-0.39, 0.29) is 12.0 Å². The monoisotopic (exact) mass is 333 g/mol. The number of amides is 4. The van der Waals surface area contributed by atoms with Gasteiger partial charge in [-0.15, -0.1) is 0 Å². The lowest BCUT2D eigenvalue weighted by molar-refractivity contribution is -0.143. The number of urea groups is 1. The zero-order valence-corrected chi connectivity index (χ0v) is 13.6. The summed E-state index contributed by atoms with van der Waals surface area (Å²) < 4.78 is 0. The molecule has 8 nitrogen and oxygen atoms in total. The van der Waals surface area contributed by atoms with E-state index in [1.807, 2.05) is 0 Å². The molecule has 1 fully saturated rings. The number of nitrogens with one attached hydrogen (secondary N) is 3. The maximum absolute atomic E-state index is 12.4. The maximum atomic E-state index is 12.4. The minimum absolute atomic E-state index is 0.198. The van der Waals surface area contributed by atoms with Crippen molar-refractivity contribution in [3.05, 3.63) is 35.4 Å². The van der Waals surface area contributed by atoms with Crippen LogP contribution in [0.5, 0.6) is 0 Å². The van der Waals surface area contributed by atoms with Crippen molar-refractivity contribution in [2.75, 3.05) is 0 Å². The summed E-state index contributed by atoms with van der Waals surface area (Å²) in [7, 11) is 0. The number of aliphatic carboxylic acids is 1. The van der Waals surface area contributed by atoms with Crippen LogP contribution in [0.2, 0.25) is 0 Å². The predicted molar refractivity (Wildman–Crippen MR) is 84.3 cm³/mol. The summed E-state index contributed by atoms with van der Waals surface area (Å²) in [5.41, 5.74) is -2.06. The molecule has 1 aromatic rings. The Balaban J connectivity index is 2.31. The smallest absolute Gasteiger partial charge is 0.329 e. The number of carbonyl (C=O) groups excluding carboxylic acids is 3. The first kappa shape index (κ1) is 17.5. The Kier molecular flexibility index (Phi) is 4.33. The fraction of sp³-hybridized carbons (Fsp3) is 0.375. The first-order chi connectivity index (χ1) is 11.1. The topological polar surface area (TPSA) is 125 Å². The molecule has 0 bridgehead atoms. The Bertz CT molecular complexity index is 732. The second kappa shape index (κ2) is 5.95. The quantitative estimate of drug-likeness (QED) is 0.591. The number of carboxylic acids is 1. The highest BCUT2D eigenvalue weighted by atomic mass is 16.4. The minimum atomic E-state index is -1.39. The van der Waals surface area contributed by atoms with E-state index in [1.54, 1.807) is 19.1 Å². The number of carboxylic acid groups (broad SMARTS) is 1. The van der Waals surface area contributed by atoms with Crippen molar-refractivity contribution in [2.45, 2.75) is 38.3 Å². The molecule has 1 heterocycles. The van der Waals surface area contributed by atoms with Gasteiger partial charge in [-0.25, -0.2) is 9.59 Å². The molecule has 4 N–H and O–H groups in total. The van der Waals surface area contributed by atoms with Crippen molar-refractivity contribution < 1.29 is 24.3 Å². The number of benzene rings is 1. The van der Waals surface area contributed by atoms with Crippen LogP contribution in [0.1, 0.15) is 43.1 Å². The van der Waals surface area contributed by atoms with E-state index in [1.165, 1.54) is 26.0 Å². The van der Waals surface area contributed by atoms with Gasteiger partial charge in [0.15, 0.2) is 0 Å². The van der Waals surface area contributed by atoms with Crippen LogP contribution >= 0.6 is 0 Å². The Hall–Kier alpha value is -2.90. The largest absolute Gasteiger partial charge is 0.480 e. The average molecular weight is 333 g/mol. The Morgan fingerprint density at radius 2 is 2.00 bits per heavy atom. The fourth-order valence-corrected chi connectivity index (χ4v) is 2.33. The highest BCUT2D eigenvalue weighted by Crippen LogP contribution is 2.25. The molecule has 8 heteroatoms. The van der Waals surface area contributed by atoms with Gasteiger partial charge in [-0.1, -0.05) is 19.1 Å². The molecule has 1 aliphatic heterocycles. The number of rotatable bonds is 5. The van der Waals surface area contributed by atoms with Crippen LogP contribution in [0.3, 0.4) is 0 Å². The Morgan fingerprint density at radius 3 is 2.50 bits per heavy atom. The standard InChI is InChI=1S/C16H19N3O5/c1-4-15(2,13(22)23)18-11(20)9-6-5-7-10(8-9)16(3)12(21)17-14(24)19-16/h5-8H,4H2,1-3H3,(H,18,20)(H,22,23)(H2,17,19,21,24). The number of hydrogen-bond acceptors (Lipinski definition) is 4. The second-order valence-corrected chi connectivity index (χ2v) is 6.06. The van der Waals surface area contributed by atoms with Crippen LogP contribution in [0, 0.1) is 0 Å². The van der Waals surface area contributed by atoms with Gasteiger partial charge in [-0.3, -0.25) is 14.9 Å². The molecule has 1 saturated heterocycles. The van der Waals surface area contributed by atoms with E-state index in [0.29, 0.717) is 5.56 Å². The first-order valence-electron chi connectivity index (χ1n) is 7.42. The number of imide groups is 1. The van der Waals surface area contributed by atoms with Crippen LogP contribution in [-0.2, 0) is 15.1 Å². The lowest BCUT2D eigenvalue weighted by atomic mass is 9.90. The summed E-state index contributed by atoms with van der Waals surface area (Å²) in [5.74, 6) is -2.23. The van der Waals surface area contributed by atoms with E-state index in [2.05, 4.69) is 16.0 Å². The first-order valence-corrected chi connectivity index (χ1v) is 7.42. The number of carbonyl (C=O) groups is 4. The van der Waals surface area contributed by atoms with Crippen LogP contribution < -0.4 is 16.0 Å². The van der Waals surface area contributed by atoms with Gasteiger partial charge in [0, 0.05) is 5.56 Å². The lowest BCUT2D eigenvalue weighted by Crippen LogP contribution is -2.51. The zero-order chi connectivity index (χ0) is 18.1. The summed E-state index contributed by atoms with van der Waals surface area (Å²) in [4.78, 5) is 47.0. The van der Waals surface area contributed by atoms with Crippen molar-refractivity contribution in [3.63, 3.8) is 0 Å². The maximum Gasteiger partial charge on any atom is 0.329 e. The third kappa shape index (κ3) is 2.94. The van der Waals surface area contributed by atoms with Crippen molar-refractivity contribution in [1.29, 1.82) is 0 Å². The van der Waals surface area contributed by atoms with Gasteiger partial charge in [-0.2, -0.15) is 0 Å². The average Bonchev–Trinajstić information content (AvgIpc) is 2.80. The van der Waals surface area contributed by atoms with Gasteiger partial charge in [0.25, 0.3) is 11.8 Å². The molecule has 2 unspecified atom stereocenters. The molecule has 4 amide bonds. The van der Waals surface area contributed by atoms with Gasteiger partial charge >= 0.3 is 12.0 Å². The Morgan fingerprint density at radius 1 is 1.33 bits per heavy atom. The molecule has 0 aliphatic carbocycles. The van der Waals surface area contributed by atoms with Gasteiger partial charge in [0.05, 0.1) is 0 Å². The van der Waals surface area contributed by atoms with Crippen molar-refractivity contribution in [1.82, 2.24) is 16.0 Å². The van der Waals surface area contributed by atoms with E-state index < -0.39 is 34.9 Å². The van der Waals surface area contributed by atoms with Crippen molar-refractivity contribution >= 4 is 23.8 Å². The molecular formula is C16H19N3O5. The summed E-state index contributed by atoms with van der Waals surface area (Å²) in [5, 5.41) is 16.4. The molecule has 1 aromatic carbocycles. The molecule has 0 spiro atoms. The van der Waals surface area contributed by atoms with Crippen LogP contribution in [0.4, 0.5) is 4.79 Å². The molecule has 0 aromatic heterocycles. The van der Waals surface area contributed by atoms with Crippen LogP contribution in [0.25, 0.3) is 0 Å². The third-order valence-corrected chi connectivity index (χ3v) is 4.32. The predicted octanol–water partition coefficient (Wildman–Crippen LogP) is 0.724. The van der Waals surface area contributed by atoms with Crippen molar-refractivity contribution in [3.8, 4) is 0 Å². The normalized spacial score (nSPS) is 22.3. The summed E-state index contributed by atoms with van der Waals surface area (Å²) in [6.07, 6.45) is 0.212. The van der Waals surface area contributed by atoms with E-state index in [0.717, 1.165) is 0 Å². The van der Waals surface area contributed by atoms with Gasteiger partial charge in [0.2, 0.25) is 0 Å². The summed E-state index contributed by atoms with van der Waals surface area (Å²) in [6.45, 7) is 4.60. The van der Waals surface area contributed by atoms with Gasteiger partial charge < -0.3 is 15.7 Å². The van der Waals surface area contributed by atoms with Crippen LogP contribution in [0.15, 0.2) is 24.3 Å². The highest BCUT2D eigenvalue weighted by Gasteiger charge is 2.43. The zero-order valence-electron chi connectivity index (χ0n) is 13.6. The van der Waals surface area contributed by atoms with Gasteiger partial charge in [-0.05, 0) is 38.0 Å². The van der Waals surface area contributed by atoms with E-state index in [4.69, 9.17) is 0 Å². The lowest BCUT2D eigenvalue weighted by Gasteiger charge is -2.25. The number of hydrogen-bond donors (Lipinski definition) is 4. The molecule has 0 radical (unpaired) electrons. The van der Waals surface area contributed by atoms with Gasteiger partial charge in [0.1, 0.15) is 11.1 Å². The molecule has 1 aliphatic rings. The summed E-state index contributed by atoms with van der Waals surface area (Å²) in [6, 6.07) is 5.53. The minimum Gasteiger partial charge on any atom is -0.480 e. The molecule has 128 valence electrons. The van der Waals surface area contributed by atoms with Crippen LogP contribution in [-0.4, -0.2) is 34.5 Å².